The lowest BCUT2D eigenvalue weighted by Crippen LogP contribution is -2.30. The summed E-state index contributed by atoms with van der Waals surface area (Å²) in [5.41, 5.74) is 0. The van der Waals surface area contributed by atoms with Gasteiger partial charge in [-0.3, -0.25) is 14.4 Å². The minimum atomic E-state index is -0.853. The molecular formula is C64H96O6. The Bertz CT molecular complexity index is 1670. The van der Waals surface area contributed by atoms with Crippen LogP contribution in [0, 0.1) is 0 Å². The van der Waals surface area contributed by atoms with Crippen LogP contribution in [0.4, 0.5) is 0 Å². The fourth-order valence-electron chi connectivity index (χ4n) is 6.62. The molecule has 0 heterocycles. The van der Waals surface area contributed by atoms with Crippen molar-refractivity contribution in [2.24, 2.45) is 0 Å². The predicted molar refractivity (Wildman–Crippen MR) is 301 cm³/mol. The minimum Gasteiger partial charge on any atom is -0.462 e. The van der Waals surface area contributed by atoms with Crippen LogP contribution in [0.3, 0.4) is 0 Å². The number of ether oxygens (including phenoxy) is 3. The lowest BCUT2D eigenvalue weighted by atomic mass is 10.1. The molecule has 388 valence electrons. The molecule has 0 rings (SSSR count). The van der Waals surface area contributed by atoms with Gasteiger partial charge in [0.25, 0.3) is 0 Å². The zero-order valence-electron chi connectivity index (χ0n) is 44.2. The molecule has 0 fully saturated rings. The molecule has 0 amide bonds. The summed E-state index contributed by atoms with van der Waals surface area (Å²) in [6, 6.07) is 0. The van der Waals surface area contributed by atoms with Crippen molar-refractivity contribution in [1.82, 2.24) is 0 Å². The average Bonchev–Trinajstić information content (AvgIpc) is 3.36. The van der Waals surface area contributed by atoms with E-state index in [0.29, 0.717) is 19.3 Å². The van der Waals surface area contributed by atoms with Crippen LogP contribution in [-0.4, -0.2) is 37.2 Å². The standard InChI is InChI=1S/C64H96O6/c1-4-7-10-13-16-19-22-25-28-30-32-34-36-39-42-45-48-51-54-57-63(66)69-60-61(59-68-62(65)56-53-50-47-44-41-38-27-24-21-18-15-12-9-6-3)70-64(67)58-55-52-49-46-43-40-37-35-33-31-29-26-23-20-17-14-11-8-5-2/h7-8,10-11,13,16-17,19-20,22,25-26,28-30,32-36,38-43,49,52,61H,4-6,9,12,14-15,18,21,23-24,27,31,37,44-48,50-51,53-60H2,1-3H3/b10-7-,11-8-,16-13-,20-17-,22-19-,28-25-,29-26-,32-30+,35-33-,36-34-,41-38-,42-39-,43-40-,52-49-. The Morgan fingerprint density at radius 1 is 0.314 bits per heavy atom. The van der Waals surface area contributed by atoms with Crippen molar-refractivity contribution >= 4 is 17.9 Å². The van der Waals surface area contributed by atoms with Crippen molar-refractivity contribution < 1.29 is 28.6 Å². The minimum absolute atomic E-state index is 0.140. The molecule has 0 aliphatic heterocycles. The zero-order chi connectivity index (χ0) is 50.7. The molecule has 0 aliphatic carbocycles. The summed E-state index contributed by atoms with van der Waals surface area (Å²) in [5.74, 6) is -1.10. The van der Waals surface area contributed by atoms with Crippen LogP contribution < -0.4 is 0 Å². The number of esters is 3. The van der Waals surface area contributed by atoms with Gasteiger partial charge in [-0.1, -0.05) is 242 Å². The molecule has 0 saturated carbocycles. The summed E-state index contributed by atoms with van der Waals surface area (Å²) < 4.78 is 16.7. The second-order valence-corrected chi connectivity index (χ2v) is 17.2. The highest BCUT2D eigenvalue weighted by Gasteiger charge is 2.19. The Labute approximate surface area is 428 Å². The van der Waals surface area contributed by atoms with E-state index in [4.69, 9.17) is 14.2 Å². The van der Waals surface area contributed by atoms with Gasteiger partial charge in [-0.25, -0.2) is 0 Å². The first-order valence-electron chi connectivity index (χ1n) is 27.2. The van der Waals surface area contributed by atoms with Crippen molar-refractivity contribution in [3.8, 4) is 0 Å². The maximum atomic E-state index is 12.8. The third kappa shape index (κ3) is 53.7. The molecule has 0 N–H and O–H groups in total. The van der Waals surface area contributed by atoms with Gasteiger partial charge in [0.15, 0.2) is 6.10 Å². The van der Waals surface area contributed by atoms with Crippen LogP contribution in [0.25, 0.3) is 0 Å². The summed E-state index contributed by atoms with van der Waals surface area (Å²) in [6.07, 6.45) is 83.4. The molecule has 0 aromatic heterocycles. The average molecular weight is 961 g/mol. The van der Waals surface area contributed by atoms with Gasteiger partial charge in [-0.05, 0) is 103 Å². The van der Waals surface area contributed by atoms with Gasteiger partial charge in [0.1, 0.15) is 13.2 Å². The van der Waals surface area contributed by atoms with E-state index >= 15 is 0 Å². The third-order valence-electron chi connectivity index (χ3n) is 10.6. The van der Waals surface area contributed by atoms with E-state index in [9.17, 15) is 14.4 Å². The molecule has 0 bridgehead atoms. The number of rotatable bonds is 46. The monoisotopic (exact) mass is 961 g/mol. The van der Waals surface area contributed by atoms with E-state index in [1.807, 2.05) is 85.1 Å². The topological polar surface area (TPSA) is 78.9 Å². The van der Waals surface area contributed by atoms with Crippen molar-refractivity contribution in [3.05, 3.63) is 170 Å². The normalized spacial score (nSPS) is 13.5. The molecule has 0 radical (unpaired) electrons. The van der Waals surface area contributed by atoms with Crippen molar-refractivity contribution in [1.29, 1.82) is 0 Å². The summed E-state index contributed by atoms with van der Waals surface area (Å²) in [6.45, 7) is 6.23. The quantitative estimate of drug-likeness (QED) is 0.0199. The lowest BCUT2D eigenvalue weighted by Gasteiger charge is -2.18. The van der Waals surface area contributed by atoms with Gasteiger partial charge in [0.2, 0.25) is 0 Å². The second-order valence-electron chi connectivity index (χ2n) is 17.2. The Balaban J connectivity index is 4.67. The molecular weight excluding hydrogens is 865 g/mol. The molecule has 0 aromatic rings. The fraction of sp³-hybridized carbons (Fsp3) is 0.516. The largest absolute Gasteiger partial charge is 0.462 e. The second kappa shape index (κ2) is 56.4. The third-order valence-corrected chi connectivity index (χ3v) is 10.6. The van der Waals surface area contributed by atoms with Crippen LogP contribution in [-0.2, 0) is 28.6 Å². The lowest BCUT2D eigenvalue weighted by molar-refractivity contribution is -0.166. The first-order chi connectivity index (χ1) is 34.5. The van der Waals surface area contributed by atoms with Crippen molar-refractivity contribution in [2.45, 2.75) is 200 Å². The molecule has 0 aromatic carbocycles. The van der Waals surface area contributed by atoms with Crippen molar-refractivity contribution in [2.75, 3.05) is 13.2 Å². The summed E-state index contributed by atoms with van der Waals surface area (Å²) in [5, 5.41) is 0. The van der Waals surface area contributed by atoms with E-state index in [-0.39, 0.29) is 38.0 Å². The number of unbranched alkanes of at least 4 members (excludes halogenated alkanes) is 13. The number of hydrogen-bond acceptors (Lipinski definition) is 6. The Morgan fingerprint density at radius 3 is 1.10 bits per heavy atom. The van der Waals surface area contributed by atoms with Crippen LogP contribution in [0.15, 0.2) is 170 Å². The molecule has 0 saturated heterocycles. The van der Waals surface area contributed by atoms with Gasteiger partial charge in [-0.2, -0.15) is 0 Å². The zero-order valence-corrected chi connectivity index (χ0v) is 44.2. The highest BCUT2D eigenvalue weighted by molar-refractivity contribution is 5.71. The molecule has 1 atom stereocenters. The number of carbonyl (C=O) groups excluding carboxylic acids is 3. The Kier molecular flexibility index (Phi) is 52.1. The highest BCUT2D eigenvalue weighted by atomic mass is 16.6. The van der Waals surface area contributed by atoms with Crippen LogP contribution in [0.2, 0.25) is 0 Å². The number of allylic oxidation sites excluding steroid dienone is 28. The Morgan fingerprint density at radius 2 is 0.657 bits per heavy atom. The van der Waals surface area contributed by atoms with E-state index in [2.05, 4.69) is 106 Å². The van der Waals surface area contributed by atoms with Crippen LogP contribution >= 0.6 is 0 Å². The first-order valence-corrected chi connectivity index (χ1v) is 27.2. The van der Waals surface area contributed by atoms with Gasteiger partial charge >= 0.3 is 17.9 Å². The summed E-state index contributed by atoms with van der Waals surface area (Å²) in [4.78, 5) is 38.1. The van der Waals surface area contributed by atoms with E-state index in [1.54, 1.807) is 0 Å². The number of carbonyl (C=O) groups is 3. The van der Waals surface area contributed by atoms with Crippen LogP contribution in [0.1, 0.15) is 194 Å². The molecule has 6 nitrogen and oxygen atoms in total. The van der Waals surface area contributed by atoms with Gasteiger partial charge in [0.05, 0.1) is 0 Å². The molecule has 0 aliphatic rings. The predicted octanol–water partition coefficient (Wildman–Crippen LogP) is 18.4. The summed E-state index contributed by atoms with van der Waals surface area (Å²) in [7, 11) is 0. The summed E-state index contributed by atoms with van der Waals surface area (Å²) >= 11 is 0. The molecule has 6 heteroatoms. The SMILES string of the molecule is CC\C=C/C=C\C=C/C=C\C=C\C=C/C=C\CCCCCC(=O)OCC(COC(=O)CCCCC/C=C\CCCCCCCCC)OC(=O)CC/C=C\C/C=C\C/C=C\C/C=C\C/C=C\C/C=C\CC. The van der Waals surface area contributed by atoms with E-state index < -0.39 is 12.1 Å². The first kappa shape index (κ1) is 64.8. The number of hydrogen-bond donors (Lipinski definition) is 0. The van der Waals surface area contributed by atoms with Gasteiger partial charge in [0, 0.05) is 19.3 Å². The van der Waals surface area contributed by atoms with E-state index in [1.165, 1.54) is 44.9 Å². The fourth-order valence-corrected chi connectivity index (χ4v) is 6.62. The van der Waals surface area contributed by atoms with Crippen LogP contribution in [0.5, 0.6) is 0 Å². The van der Waals surface area contributed by atoms with Crippen molar-refractivity contribution in [3.63, 3.8) is 0 Å². The molecule has 0 spiro atoms. The smallest absolute Gasteiger partial charge is 0.306 e. The highest BCUT2D eigenvalue weighted by Crippen LogP contribution is 2.11. The molecule has 1 unspecified atom stereocenters. The maximum Gasteiger partial charge on any atom is 0.306 e. The van der Waals surface area contributed by atoms with Gasteiger partial charge in [-0.15, -0.1) is 0 Å². The molecule has 70 heavy (non-hydrogen) atoms. The maximum absolute atomic E-state index is 12.8. The van der Waals surface area contributed by atoms with E-state index in [0.717, 1.165) is 96.3 Å². The Hall–Kier alpha value is -5.23. The van der Waals surface area contributed by atoms with Gasteiger partial charge < -0.3 is 14.2 Å².